The van der Waals surface area contributed by atoms with Gasteiger partial charge in [0.15, 0.2) is 5.82 Å². The van der Waals surface area contributed by atoms with E-state index in [0.717, 1.165) is 24.6 Å². The van der Waals surface area contributed by atoms with Crippen LogP contribution in [-0.2, 0) is 0 Å². The van der Waals surface area contributed by atoms with Crippen LogP contribution in [0.5, 0.6) is 0 Å². The Labute approximate surface area is 114 Å². The molecule has 5 heteroatoms. The van der Waals surface area contributed by atoms with E-state index in [1.807, 2.05) is 24.4 Å². The lowest BCUT2D eigenvalue weighted by Crippen LogP contribution is -2.38. The third-order valence-corrected chi connectivity index (χ3v) is 2.60. The molecule has 2 aromatic heterocycles. The maximum atomic E-state index is 4.37. The van der Waals surface area contributed by atoms with Crippen molar-refractivity contribution in [3.8, 4) is 5.82 Å². The Balaban J connectivity index is 1.97. The van der Waals surface area contributed by atoms with Gasteiger partial charge in [-0.15, -0.1) is 0 Å². The Morgan fingerprint density at radius 1 is 1.16 bits per heavy atom. The molecule has 0 aliphatic heterocycles. The van der Waals surface area contributed by atoms with Crippen LogP contribution < -0.4 is 10.6 Å². The van der Waals surface area contributed by atoms with Gasteiger partial charge in [0.1, 0.15) is 0 Å². The number of pyridine rings is 1. The molecule has 0 aliphatic carbocycles. The number of rotatable bonds is 5. The van der Waals surface area contributed by atoms with Crippen molar-refractivity contribution < 1.29 is 0 Å². The molecule has 2 rings (SSSR count). The van der Waals surface area contributed by atoms with Crippen molar-refractivity contribution in [1.29, 1.82) is 0 Å². The fourth-order valence-corrected chi connectivity index (χ4v) is 1.75. The van der Waals surface area contributed by atoms with E-state index in [1.165, 1.54) is 0 Å². The summed E-state index contributed by atoms with van der Waals surface area (Å²) in [6.07, 6.45) is 5.41. The van der Waals surface area contributed by atoms with Crippen molar-refractivity contribution in [3.63, 3.8) is 0 Å². The van der Waals surface area contributed by atoms with E-state index in [4.69, 9.17) is 0 Å². The van der Waals surface area contributed by atoms with E-state index in [0.29, 0.717) is 0 Å². The van der Waals surface area contributed by atoms with Gasteiger partial charge in [-0.2, -0.15) is 5.10 Å². The van der Waals surface area contributed by atoms with Crippen molar-refractivity contribution in [3.05, 3.63) is 36.8 Å². The van der Waals surface area contributed by atoms with E-state index < -0.39 is 0 Å². The molecule has 0 atom stereocenters. The smallest absolute Gasteiger partial charge is 0.176 e. The van der Waals surface area contributed by atoms with E-state index in [9.17, 15) is 0 Å². The van der Waals surface area contributed by atoms with Crippen LogP contribution in [-0.4, -0.2) is 33.4 Å². The maximum Gasteiger partial charge on any atom is 0.176 e. The summed E-state index contributed by atoms with van der Waals surface area (Å²) >= 11 is 0. The highest BCUT2D eigenvalue weighted by Gasteiger charge is 2.08. The van der Waals surface area contributed by atoms with Crippen molar-refractivity contribution in [1.82, 2.24) is 20.1 Å². The summed E-state index contributed by atoms with van der Waals surface area (Å²) in [5.74, 6) is 0.822. The molecule has 0 saturated heterocycles. The molecular formula is C14H21N5. The lowest BCUT2D eigenvalue weighted by Gasteiger charge is -2.21. The second kappa shape index (κ2) is 5.84. The van der Waals surface area contributed by atoms with Crippen LogP contribution in [0.2, 0.25) is 0 Å². The molecule has 0 spiro atoms. The summed E-state index contributed by atoms with van der Waals surface area (Å²) in [6, 6.07) is 5.83. The molecule has 0 bridgehead atoms. The monoisotopic (exact) mass is 259 g/mol. The zero-order chi connectivity index (χ0) is 13.7. The predicted molar refractivity (Wildman–Crippen MR) is 77.6 cm³/mol. The standard InChI is InChI=1S/C14H21N5/c1-14(2,3)17-10-9-15-12-6-4-7-16-13(12)19-11-5-8-18-19/h4-8,11,15,17H,9-10H2,1-3H3. The minimum absolute atomic E-state index is 0.140. The highest BCUT2D eigenvalue weighted by molar-refractivity contribution is 5.56. The highest BCUT2D eigenvalue weighted by Crippen LogP contribution is 2.15. The fraction of sp³-hybridized carbons (Fsp3) is 0.429. The molecule has 2 heterocycles. The van der Waals surface area contributed by atoms with Crippen LogP contribution in [0.25, 0.3) is 5.82 Å². The van der Waals surface area contributed by atoms with Crippen molar-refractivity contribution >= 4 is 5.69 Å². The zero-order valence-corrected chi connectivity index (χ0v) is 11.7. The van der Waals surface area contributed by atoms with Gasteiger partial charge in [-0.05, 0) is 39.0 Å². The van der Waals surface area contributed by atoms with E-state index in [-0.39, 0.29) is 5.54 Å². The largest absolute Gasteiger partial charge is 0.381 e. The average Bonchev–Trinajstić information content (AvgIpc) is 2.88. The molecule has 0 amide bonds. The van der Waals surface area contributed by atoms with Crippen LogP contribution in [0.1, 0.15) is 20.8 Å². The number of nitrogens with one attached hydrogen (secondary N) is 2. The van der Waals surface area contributed by atoms with Gasteiger partial charge in [-0.1, -0.05) is 0 Å². The van der Waals surface area contributed by atoms with Gasteiger partial charge in [0.2, 0.25) is 0 Å². The van der Waals surface area contributed by atoms with E-state index >= 15 is 0 Å². The number of anilines is 1. The van der Waals surface area contributed by atoms with Crippen LogP contribution >= 0.6 is 0 Å². The summed E-state index contributed by atoms with van der Waals surface area (Å²) in [4.78, 5) is 4.37. The minimum atomic E-state index is 0.140. The number of aromatic nitrogens is 3. The molecule has 2 aromatic rings. The average molecular weight is 259 g/mol. The van der Waals surface area contributed by atoms with Crippen LogP contribution in [0.3, 0.4) is 0 Å². The second-order valence-electron chi connectivity index (χ2n) is 5.43. The molecule has 2 N–H and O–H groups in total. The molecular weight excluding hydrogens is 238 g/mol. The summed E-state index contributed by atoms with van der Waals surface area (Å²) in [5, 5.41) is 11.0. The Bertz CT molecular complexity index is 499. The first-order valence-corrected chi connectivity index (χ1v) is 6.50. The summed E-state index contributed by atoms with van der Waals surface area (Å²) in [7, 11) is 0. The van der Waals surface area contributed by atoms with Gasteiger partial charge < -0.3 is 10.6 Å². The topological polar surface area (TPSA) is 54.8 Å². The Morgan fingerprint density at radius 2 is 2.00 bits per heavy atom. The lowest BCUT2D eigenvalue weighted by molar-refractivity contribution is 0.435. The highest BCUT2D eigenvalue weighted by atomic mass is 15.3. The molecule has 0 aromatic carbocycles. The van der Waals surface area contributed by atoms with Gasteiger partial charge in [0.05, 0.1) is 5.69 Å². The summed E-state index contributed by atoms with van der Waals surface area (Å²) < 4.78 is 1.76. The molecule has 5 nitrogen and oxygen atoms in total. The first-order chi connectivity index (χ1) is 9.06. The Kier molecular flexibility index (Phi) is 4.16. The predicted octanol–water partition coefficient (Wildman–Crippen LogP) is 2.07. The van der Waals surface area contributed by atoms with Crippen LogP contribution in [0.15, 0.2) is 36.8 Å². The van der Waals surface area contributed by atoms with Crippen LogP contribution in [0, 0.1) is 0 Å². The van der Waals surface area contributed by atoms with Crippen molar-refractivity contribution in [2.75, 3.05) is 18.4 Å². The molecule has 0 fully saturated rings. The number of nitrogens with zero attached hydrogens (tertiary/aromatic N) is 3. The normalized spacial score (nSPS) is 11.5. The lowest BCUT2D eigenvalue weighted by atomic mass is 10.1. The molecule has 102 valence electrons. The van der Waals surface area contributed by atoms with E-state index in [1.54, 1.807) is 17.1 Å². The first kappa shape index (κ1) is 13.5. The van der Waals surface area contributed by atoms with Gasteiger partial charge in [-0.25, -0.2) is 9.67 Å². The van der Waals surface area contributed by atoms with Gasteiger partial charge >= 0.3 is 0 Å². The third kappa shape index (κ3) is 4.06. The summed E-state index contributed by atoms with van der Waals surface area (Å²) in [6.45, 7) is 8.22. The SMILES string of the molecule is CC(C)(C)NCCNc1cccnc1-n1cccn1. The molecule has 0 radical (unpaired) electrons. The maximum absolute atomic E-state index is 4.37. The van der Waals surface area contributed by atoms with Crippen LogP contribution in [0.4, 0.5) is 5.69 Å². The van der Waals surface area contributed by atoms with E-state index in [2.05, 4.69) is 41.5 Å². The molecule has 0 unspecified atom stereocenters. The fourth-order valence-electron chi connectivity index (χ4n) is 1.75. The molecule has 0 aliphatic rings. The van der Waals surface area contributed by atoms with Gasteiger partial charge in [0.25, 0.3) is 0 Å². The molecule has 0 saturated carbocycles. The van der Waals surface area contributed by atoms with Crippen molar-refractivity contribution in [2.24, 2.45) is 0 Å². The third-order valence-electron chi connectivity index (χ3n) is 2.60. The van der Waals surface area contributed by atoms with Crippen molar-refractivity contribution in [2.45, 2.75) is 26.3 Å². The minimum Gasteiger partial charge on any atom is -0.381 e. The van der Waals surface area contributed by atoms with Gasteiger partial charge in [-0.3, -0.25) is 0 Å². The number of hydrogen-bond acceptors (Lipinski definition) is 4. The molecule has 19 heavy (non-hydrogen) atoms. The summed E-state index contributed by atoms with van der Waals surface area (Å²) in [5.41, 5.74) is 1.13. The Morgan fingerprint density at radius 3 is 2.68 bits per heavy atom. The second-order valence-corrected chi connectivity index (χ2v) is 5.43. The quantitative estimate of drug-likeness (QED) is 0.807. The van der Waals surface area contributed by atoms with Gasteiger partial charge in [0, 0.05) is 37.2 Å². The number of hydrogen-bond donors (Lipinski definition) is 2. The Hall–Kier alpha value is -1.88. The first-order valence-electron chi connectivity index (χ1n) is 6.50. The zero-order valence-electron chi connectivity index (χ0n) is 11.7.